The lowest BCUT2D eigenvalue weighted by Crippen LogP contribution is -2.56. The van der Waals surface area contributed by atoms with Gasteiger partial charge in [-0.15, -0.1) is 0 Å². The molecule has 0 aliphatic carbocycles. The largest absolute Gasteiger partial charge is 0.295 e. The van der Waals surface area contributed by atoms with Crippen molar-refractivity contribution in [3.8, 4) is 0 Å². The maximum absolute atomic E-state index is 11.8. The topological polar surface area (TPSA) is 36.4 Å². The Bertz CT molecular complexity index is 988. The lowest BCUT2D eigenvalue weighted by atomic mass is 9.92. The lowest BCUT2D eigenvalue weighted by molar-refractivity contribution is 0.0195. The molecule has 0 amide bonds. The van der Waals surface area contributed by atoms with Gasteiger partial charge in [0, 0.05) is 49.7 Å². The minimum absolute atomic E-state index is 0.106. The second-order valence-corrected chi connectivity index (χ2v) is 8.67. The van der Waals surface area contributed by atoms with Crippen molar-refractivity contribution in [1.29, 1.82) is 0 Å². The predicted octanol–water partition coefficient (Wildman–Crippen LogP) is 4.97. The van der Waals surface area contributed by atoms with Gasteiger partial charge in [0.15, 0.2) is 5.78 Å². The molecule has 0 radical (unpaired) electrons. The molecule has 3 atom stereocenters. The van der Waals surface area contributed by atoms with E-state index in [2.05, 4.69) is 83.2 Å². The number of ketones is 1. The summed E-state index contributed by atoms with van der Waals surface area (Å²) >= 11 is 0. The molecular formula is C27H31N3O. The van der Waals surface area contributed by atoms with E-state index >= 15 is 0 Å². The van der Waals surface area contributed by atoms with Gasteiger partial charge in [-0.25, -0.2) is 0 Å². The van der Waals surface area contributed by atoms with Crippen LogP contribution in [0.5, 0.6) is 0 Å². The number of rotatable bonds is 6. The number of nitrogens with zero attached hydrogens (tertiary/aromatic N) is 3. The van der Waals surface area contributed by atoms with Crippen molar-refractivity contribution in [2.24, 2.45) is 0 Å². The third-order valence-corrected chi connectivity index (χ3v) is 6.38. The summed E-state index contributed by atoms with van der Waals surface area (Å²) in [5.41, 5.74) is 4.60. The quantitative estimate of drug-likeness (QED) is 0.535. The van der Waals surface area contributed by atoms with E-state index in [0.717, 1.165) is 25.2 Å². The van der Waals surface area contributed by atoms with Gasteiger partial charge in [-0.1, -0.05) is 54.6 Å². The van der Waals surface area contributed by atoms with Crippen molar-refractivity contribution < 1.29 is 4.79 Å². The van der Waals surface area contributed by atoms with E-state index in [9.17, 15) is 4.79 Å². The Kier molecular flexibility index (Phi) is 6.59. The standard InChI is InChI=1S/C27H31N3O/c1-20-18-30(21(2)17-29(20)19-23-13-15-28-16-14-23)27(25-7-5-4-6-8-25)26-11-9-24(10-12-26)22(3)31/h4-16,20-21,27H,17-19H2,1-3H3/t20-,21+,27+/m1/s1. The Morgan fingerprint density at radius 3 is 2.19 bits per heavy atom. The van der Waals surface area contributed by atoms with Crippen LogP contribution in [0.2, 0.25) is 0 Å². The van der Waals surface area contributed by atoms with Crippen molar-refractivity contribution >= 4 is 5.78 Å². The van der Waals surface area contributed by atoms with Gasteiger partial charge >= 0.3 is 0 Å². The van der Waals surface area contributed by atoms with Crippen molar-refractivity contribution in [2.45, 2.75) is 45.4 Å². The highest BCUT2D eigenvalue weighted by Crippen LogP contribution is 2.33. The highest BCUT2D eigenvalue weighted by atomic mass is 16.1. The predicted molar refractivity (Wildman–Crippen MR) is 125 cm³/mol. The van der Waals surface area contributed by atoms with Crippen LogP contribution in [0.3, 0.4) is 0 Å². The molecule has 1 aliphatic rings. The number of hydrogen-bond donors (Lipinski definition) is 0. The first-order valence-corrected chi connectivity index (χ1v) is 11.1. The fourth-order valence-electron chi connectivity index (χ4n) is 4.64. The van der Waals surface area contributed by atoms with Gasteiger partial charge in [0.25, 0.3) is 0 Å². The number of pyridine rings is 1. The molecule has 3 aromatic rings. The maximum Gasteiger partial charge on any atom is 0.159 e. The number of piperazine rings is 1. The monoisotopic (exact) mass is 413 g/mol. The molecule has 0 unspecified atom stereocenters. The van der Waals surface area contributed by atoms with E-state index < -0.39 is 0 Å². The van der Waals surface area contributed by atoms with Crippen molar-refractivity contribution in [3.63, 3.8) is 0 Å². The molecule has 31 heavy (non-hydrogen) atoms. The second kappa shape index (κ2) is 9.54. The molecule has 1 aliphatic heterocycles. The van der Waals surface area contributed by atoms with Crippen LogP contribution in [-0.4, -0.2) is 45.7 Å². The molecule has 0 saturated carbocycles. The van der Waals surface area contributed by atoms with Gasteiger partial charge in [-0.2, -0.15) is 0 Å². The van der Waals surface area contributed by atoms with E-state index in [-0.39, 0.29) is 11.8 Å². The van der Waals surface area contributed by atoms with E-state index in [1.165, 1.54) is 16.7 Å². The molecular weight excluding hydrogens is 382 g/mol. The summed E-state index contributed by atoms with van der Waals surface area (Å²) in [5.74, 6) is 0.106. The Labute approximate surface area is 185 Å². The number of hydrogen-bond acceptors (Lipinski definition) is 4. The third kappa shape index (κ3) is 4.92. The van der Waals surface area contributed by atoms with Crippen molar-refractivity contribution in [2.75, 3.05) is 13.1 Å². The zero-order chi connectivity index (χ0) is 21.8. The van der Waals surface area contributed by atoms with Gasteiger partial charge in [0.1, 0.15) is 0 Å². The highest BCUT2D eigenvalue weighted by Gasteiger charge is 2.34. The van der Waals surface area contributed by atoms with E-state index in [1.54, 1.807) is 6.92 Å². The van der Waals surface area contributed by atoms with E-state index in [0.29, 0.717) is 12.1 Å². The Morgan fingerprint density at radius 1 is 0.903 bits per heavy atom. The summed E-state index contributed by atoms with van der Waals surface area (Å²) in [7, 11) is 0. The molecule has 1 fully saturated rings. The van der Waals surface area contributed by atoms with Crippen LogP contribution in [0.25, 0.3) is 0 Å². The van der Waals surface area contributed by atoms with Crippen LogP contribution in [-0.2, 0) is 6.54 Å². The van der Waals surface area contributed by atoms with Crippen molar-refractivity contribution in [1.82, 2.24) is 14.8 Å². The second-order valence-electron chi connectivity index (χ2n) is 8.67. The molecule has 1 saturated heterocycles. The first-order valence-electron chi connectivity index (χ1n) is 11.1. The summed E-state index contributed by atoms with van der Waals surface area (Å²) in [5, 5.41) is 0. The smallest absolute Gasteiger partial charge is 0.159 e. The molecule has 4 nitrogen and oxygen atoms in total. The number of aromatic nitrogens is 1. The first kappa shape index (κ1) is 21.4. The highest BCUT2D eigenvalue weighted by molar-refractivity contribution is 5.94. The number of carbonyl (C=O) groups is 1. The molecule has 1 aromatic heterocycles. The Hall–Kier alpha value is -2.82. The van der Waals surface area contributed by atoms with E-state index in [1.807, 2.05) is 24.5 Å². The number of carbonyl (C=O) groups excluding carboxylic acids is 1. The summed E-state index contributed by atoms with van der Waals surface area (Å²) < 4.78 is 0. The molecule has 0 spiro atoms. The summed E-state index contributed by atoms with van der Waals surface area (Å²) in [6.07, 6.45) is 3.74. The van der Waals surface area contributed by atoms with Crippen molar-refractivity contribution in [3.05, 3.63) is 101 Å². The molecule has 0 bridgehead atoms. The zero-order valence-corrected chi connectivity index (χ0v) is 18.6. The molecule has 2 aromatic carbocycles. The van der Waals surface area contributed by atoms with Crippen LogP contribution in [0.4, 0.5) is 0 Å². The summed E-state index contributed by atoms with van der Waals surface area (Å²) in [4.78, 5) is 21.1. The van der Waals surface area contributed by atoms with Crippen LogP contribution in [0.15, 0.2) is 79.1 Å². The zero-order valence-electron chi connectivity index (χ0n) is 18.6. The van der Waals surface area contributed by atoms with Gasteiger partial charge in [0.05, 0.1) is 6.04 Å². The van der Waals surface area contributed by atoms with E-state index in [4.69, 9.17) is 0 Å². The van der Waals surface area contributed by atoms with Crippen LogP contribution in [0, 0.1) is 0 Å². The Morgan fingerprint density at radius 2 is 1.55 bits per heavy atom. The Balaban J connectivity index is 1.60. The minimum atomic E-state index is 0.106. The molecule has 4 heteroatoms. The van der Waals surface area contributed by atoms with Gasteiger partial charge in [-0.05, 0) is 49.6 Å². The number of benzene rings is 2. The molecule has 4 rings (SSSR count). The van der Waals surface area contributed by atoms with Crippen LogP contribution < -0.4 is 0 Å². The summed E-state index contributed by atoms with van der Waals surface area (Å²) in [6, 6.07) is 24.1. The SMILES string of the molecule is CC(=O)c1ccc([C@H](c2ccccc2)N2C[C@@H](C)N(Cc3ccncc3)C[C@@H]2C)cc1. The fourth-order valence-corrected chi connectivity index (χ4v) is 4.64. The average molecular weight is 414 g/mol. The lowest BCUT2D eigenvalue weighted by Gasteiger charge is -2.47. The van der Waals surface area contributed by atoms with Gasteiger partial charge in [0.2, 0.25) is 0 Å². The molecule has 2 heterocycles. The maximum atomic E-state index is 11.8. The fraction of sp³-hybridized carbons (Fsp3) is 0.333. The minimum Gasteiger partial charge on any atom is -0.295 e. The first-order chi connectivity index (χ1) is 15.0. The van der Waals surface area contributed by atoms with Crippen LogP contribution >= 0.6 is 0 Å². The van der Waals surface area contributed by atoms with Gasteiger partial charge in [-0.3, -0.25) is 19.6 Å². The summed E-state index contributed by atoms with van der Waals surface area (Å²) in [6.45, 7) is 9.21. The van der Waals surface area contributed by atoms with Gasteiger partial charge < -0.3 is 0 Å². The van der Waals surface area contributed by atoms with Crippen LogP contribution in [0.1, 0.15) is 53.9 Å². The molecule has 0 N–H and O–H groups in total. The molecule has 160 valence electrons. The third-order valence-electron chi connectivity index (χ3n) is 6.38. The normalized spacial score (nSPS) is 21.0. The number of Topliss-reactive ketones (excluding diaryl/α,β-unsaturated/α-hetero) is 1. The average Bonchev–Trinajstić information content (AvgIpc) is 2.79.